The van der Waals surface area contributed by atoms with Crippen molar-refractivity contribution >= 4 is 12.6 Å². The number of likely N-dealkylation sites (N-methyl/N-ethyl adjacent to an activating group) is 1. The first-order valence-corrected chi connectivity index (χ1v) is 5.04. The summed E-state index contributed by atoms with van der Waals surface area (Å²) in [6.07, 6.45) is 0. The molecular formula is C11H17NS. The fraction of sp³-hybridized carbons (Fsp3) is 0.455. The third-order valence-corrected chi connectivity index (χ3v) is 3.21. The van der Waals surface area contributed by atoms with E-state index in [0.29, 0.717) is 5.92 Å². The minimum absolute atomic E-state index is 0.280. The van der Waals surface area contributed by atoms with Crippen LogP contribution in [0.2, 0.25) is 0 Å². The topological polar surface area (TPSA) is 3.24 Å². The molecule has 2 heteroatoms. The van der Waals surface area contributed by atoms with E-state index in [-0.39, 0.29) is 5.37 Å². The summed E-state index contributed by atoms with van der Waals surface area (Å²) in [7, 11) is 4.11. The van der Waals surface area contributed by atoms with Gasteiger partial charge in [0.1, 0.15) is 0 Å². The van der Waals surface area contributed by atoms with Gasteiger partial charge in [0.2, 0.25) is 0 Å². The Balaban J connectivity index is 2.73. The van der Waals surface area contributed by atoms with Crippen molar-refractivity contribution in [1.29, 1.82) is 0 Å². The standard InChI is InChI=1S/C11H17NS/c1-9(11(13)12(2)3)10-7-5-4-6-8-10/h4-9,11,13H,1-3H3. The maximum Gasteiger partial charge on any atom is 0.0589 e. The lowest BCUT2D eigenvalue weighted by Crippen LogP contribution is -2.27. The number of nitrogens with zero attached hydrogens (tertiary/aromatic N) is 1. The van der Waals surface area contributed by atoms with Gasteiger partial charge >= 0.3 is 0 Å². The Morgan fingerprint density at radius 2 is 1.69 bits per heavy atom. The predicted octanol–water partition coefficient (Wildman–Crippen LogP) is 2.61. The maximum absolute atomic E-state index is 4.56. The van der Waals surface area contributed by atoms with E-state index in [2.05, 4.69) is 62.8 Å². The Bertz CT molecular complexity index is 246. The second kappa shape index (κ2) is 4.68. The lowest BCUT2D eigenvalue weighted by atomic mass is 10.0. The van der Waals surface area contributed by atoms with Crippen LogP contribution < -0.4 is 0 Å². The van der Waals surface area contributed by atoms with Crippen molar-refractivity contribution in [2.45, 2.75) is 18.2 Å². The Labute approximate surface area is 86.2 Å². The average molecular weight is 195 g/mol. The number of rotatable bonds is 3. The number of thiol groups is 1. The molecule has 1 nitrogen and oxygen atoms in total. The van der Waals surface area contributed by atoms with Gasteiger partial charge in [-0.05, 0) is 19.7 Å². The normalized spacial score (nSPS) is 15.8. The molecule has 72 valence electrons. The second-order valence-electron chi connectivity index (χ2n) is 3.58. The second-order valence-corrected chi connectivity index (χ2v) is 4.11. The van der Waals surface area contributed by atoms with Gasteiger partial charge in [-0.1, -0.05) is 37.3 Å². The molecule has 0 amide bonds. The first-order valence-electron chi connectivity index (χ1n) is 4.52. The van der Waals surface area contributed by atoms with Crippen LogP contribution in [0.3, 0.4) is 0 Å². The smallest absolute Gasteiger partial charge is 0.0589 e. The Kier molecular flexibility index (Phi) is 3.82. The fourth-order valence-electron chi connectivity index (χ4n) is 1.38. The van der Waals surface area contributed by atoms with Crippen LogP contribution in [0.5, 0.6) is 0 Å². The molecule has 0 bridgehead atoms. The van der Waals surface area contributed by atoms with Gasteiger partial charge in [-0.2, -0.15) is 12.6 Å². The highest BCUT2D eigenvalue weighted by Gasteiger charge is 2.16. The summed E-state index contributed by atoms with van der Waals surface area (Å²) in [5.41, 5.74) is 1.34. The van der Waals surface area contributed by atoms with Crippen LogP contribution in [0.15, 0.2) is 30.3 Å². The van der Waals surface area contributed by atoms with E-state index >= 15 is 0 Å². The van der Waals surface area contributed by atoms with Crippen LogP contribution >= 0.6 is 12.6 Å². The van der Waals surface area contributed by atoms with E-state index in [4.69, 9.17) is 0 Å². The first-order chi connectivity index (χ1) is 6.13. The van der Waals surface area contributed by atoms with E-state index in [1.54, 1.807) is 0 Å². The zero-order chi connectivity index (χ0) is 9.84. The molecular weight excluding hydrogens is 178 g/mol. The highest BCUT2D eigenvalue weighted by atomic mass is 32.1. The molecule has 2 unspecified atom stereocenters. The summed E-state index contributed by atoms with van der Waals surface area (Å²) < 4.78 is 0. The van der Waals surface area contributed by atoms with Crippen molar-refractivity contribution in [3.05, 3.63) is 35.9 Å². The minimum atomic E-state index is 0.280. The minimum Gasteiger partial charge on any atom is -0.297 e. The molecule has 0 aromatic heterocycles. The Morgan fingerprint density at radius 3 is 2.15 bits per heavy atom. The molecule has 0 saturated heterocycles. The molecule has 0 saturated carbocycles. The molecule has 0 radical (unpaired) electrons. The molecule has 2 atom stereocenters. The van der Waals surface area contributed by atoms with E-state index in [1.807, 2.05) is 6.07 Å². The van der Waals surface area contributed by atoms with Gasteiger partial charge in [0.15, 0.2) is 0 Å². The van der Waals surface area contributed by atoms with Crippen LogP contribution in [-0.2, 0) is 0 Å². The number of hydrogen-bond donors (Lipinski definition) is 1. The largest absolute Gasteiger partial charge is 0.297 e. The molecule has 13 heavy (non-hydrogen) atoms. The molecule has 1 aromatic carbocycles. The quantitative estimate of drug-likeness (QED) is 0.573. The zero-order valence-corrected chi connectivity index (χ0v) is 9.33. The number of hydrogen-bond acceptors (Lipinski definition) is 2. The monoisotopic (exact) mass is 195 g/mol. The molecule has 0 N–H and O–H groups in total. The fourth-order valence-corrected chi connectivity index (χ4v) is 1.55. The summed E-state index contributed by atoms with van der Waals surface area (Å²) in [6, 6.07) is 10.5. The molecule has 0 spiro atoms. The molecule has 0 aliphatic heterocycles. The molecule has 0 fully saturated rings. The summed E-state index contributed by atoms with van der Waals surface area (Å²) in [4.78, 5) is 2.13. The van der Waals surface area contributed by atoms with Crippen molar-refractivity contribution in [2.24, 2.45) is 0 Å². The third kappa shape index (κ3) is 2.75. The third-order valence-electron chi connectivity index (χ3n) is 2.30. The van der Waals surface area contributed by atoms with E-state index in [1.165, 1.54) is 5.56 Å². The summed E-state index contributed by atoms with van der Waals surface area (Å²) >= 11 is 4.56. The maximum atomic E-state index is 4.56. The van der Waals surface area contributed by atoms with Crippen molar-refractivity contribution in [3.63, 3.8) is 0 Å². The van der Waals surface area contributed by atoms with E-state index in [9.17, 15) is 0 Å². The molecule has 1 aromatic rings. The van der Waals surface area contributed by atoms with Gasteiger partial charge in [0.05, 0.1) is 5.37 Å². The van der Waals surface area contributed by atoms with Crippen molar-refractivity contribution < 1.29 is 0 Å². The molecule has 1 rings (SSSR count). The Morgan fingerprint density at radius 1 is 1.15 bits per heavy atom. The summed E-state index contributed by atoms with van der Waals surface area (Å²) in [5, 5.41) is 0.280. The van der Waals surface area contributed by atoms with Gasteiger partial charge in [-0.15, -0.1) is 0 Å². The van der Waals surface area contributed by atoms with Crippen LogP contribution in [0, 0.1) is 0 Å². The molecule has 0 heterocycles. The zero-order valence-electron chi connectivity index (χ0n) is 8.44. The van der Waals surface area contributed by atoms with Crippen molar-refractivity contribution in [2.75, 3.05) is 14.1 Å². The van der Waals surface area contributed by atoms with E-state index < -0.39 is 0 Å². The van der Waals surface area contributed by atoms with Gasteiger partial charge < -0.3 is 0 Å². The van der Waals surface area contributed by atoms with Crippen molar-refractivity contribution in [3.8, 4) is 0 Å². The summed E-state index contributed by atoms with van der Waals surface area (Å²) in [6.45, 7) is 2.20. The van der Waals surface area contributed by atoms with Gasteiger partial charge in [0.25, 0.3) is 0 Å². The van der Waals surface area contributed by atoms with Crippen molar-refractivity contribution in [1.82, 2.24) is 4.90 Å². The molecule has 0 aliphatic rings. The molecule has 0 aliphatic carbocycles. The van der Waals surface area contributed by atoms with E-state index in [0.717, 1.165) is 0 Å². The lowest BCUT2D eigenvalue weighted by molar-refractivity contribution is 0.352. The van der Waals surface area contributed by atoms with Crippen LogP contribution in [0.1, 0.15) is 18.4 Å². The Hall–Kier alpha value is -0.470. The van der Waals surface area contributed by atoms with Gasteiger partial charge in [-0.3, -0.25) is 4.90 Å². The SMILES string of the molecule is CC(c1ccccc1)C(S)N(C)C. The van der Waals surface area contributed by atoms with Crippen LogP contribution in [0.25, 0.3) is 0 Å². The van der Waals surface area contributed by atoms with Crippen LogP contribution in [0.4, 0.5) is 0 Å². The number of benzene rings is 1. The lowest BCUT2D eigenvalue weighted by Gasteiger charge is -2.25. The van der Waals surface area contributed by atoms with Crippen LogP contribution in [-0.4, -0.2) is 24.4 Å². The predicted molar refractivity (Wildman–Crippen MR) is 61.3 cm³/mol. The first kappa shape index (κ1) is 10.6. The average Bonchev–Trinajstić information content (AvgIpc) is 2.17. The highest BCUT2D eigenvalue weighted by Crippen LogP contribution is 2.23. The summed E-state index contributed by atoms with van der Waals surface area (Å²) in [5.74, 6) is 0.458. The van der Waals surface area contributed by atoms with Gasteiger partial charge in [-0.25, -0.2) is 0 Å². The highest BCUT2D eigenvalue weighted by molar-refractivity contribution is 7.80. The van der Waals surface area contributed by atoms with Gasteiger partial charge in [0, 0.05) is 5.92 Å².